The van der Waals surface area contributed by atoms with Crippen molar-refractivity contribution in [2.45, 2.75) is 32.4 Å². The van der Waals surface area contributed by atoms with Crippen LogP contribution < -0.4 is 11.2 Å². The molecule has 0 aliphatic carbocycles. The topological polar surface area (TPSA) is 71.0 Å². The maximum atomic E-state index is 12.1. The minimum atomic E-state index is -0.310. The average Bonchev–Trinajstić information content (AvgIpc) is 2.66. The van der Waals surface area contributed by atoms with E-state index in [1.165, 1.54) is 10.8 Å². The Morgan fingerprint density at radius 3 is 2.73 bits per heavy atom. The number of H-pyrrole nitrogens is 1. The first-order valence-corrected chi connectivity index (χ1v) is 8.99. The molecule has 1 aliphatic rings. The van der Waals surface area contributed by atoms with Crippen LogP contribution in [0.4, 0.5) is 0 Å². The molecule has 4 rings (SSSR count). The predicted octanol–water partition coefficient (Wildman–Crippen LogP) is 2.23. The van der Waals surface area contributed by atoms with Gasteiger partial charge in [0.15, 0.2) is 0 Å². The number of fused-ring (bicyclic) bond motifs is 1. The fourth-order valence-corrected chi connectivity index (χ4v) is 3.73. The normalized spacial score (nSPS) is 16.2. The van der Waals surface area contributed by atoms with E-state index in [1.54, 1.807) is 17.7 Å². The van der Waals surface area contributed by atoms with Crippen molar-refractivity contribution in [3.8, 4) is 0 Å². The quantitative estimate of drug-likeness (QED) is 0.786. The minimum Gasteiger partial charge on any atom is -0.297 e. The monoisotopic (exact) mass is 350 g/mol. The maximum absolute atomic E-state index is 12.1. The number of aromatic nitrogens is 3. The molecule has 0 unspecified atom stereocenters. The highest BCUT2D eigenvalue weighted by Gasteiger charge is 2.22. The van der Waals surface area contributed by atoms with Gasteiger partial charge in [-0.3, -0.25) is 24.2 Å². The molecular formula is C20H22N4O2. The van der Waals surface area contributed by atoms with Crippen LogP contribution in [0.5, 0.6) is 0 Å². The van der Waals surface area contributed by atoms with Crippen molar-refractivity contribution >= 4 is 10.8 Å². The number of pyridine rings is 1. The number of hydrogen-bond donors (Lipinski definition) is 1. The first kappa shape index (κ1) is 16.7. The first-order chi connectivity index (χ1) is 12.6. The summed E-state index contributed by atoms with van der Waals surface area (Å²) < 4.78 is 1.68. The van der Waals surface area contributed by atoms with Gasteiger partial charge >= 0.3 is 5.69 Å². The van der Waals surface area contributed by atoms with Crippen LogP contribution in [0.3, 0.4) is 0 Å². The third-order valence-electron chi connectivity index (χ3n) is 5.23. The summed E-state index contributed by atoms with van der Waals surface area (Å²) in [5.41, 5.74) is 1.06. The zero-order chi connectivity index (χ0) is 18.1. The van der Waals surface area contributed by atoms with E-state index in [0.717, 1.165) is 38.2 Å². The van der Waals surface area contributed by atoms with Gasteiger partial charge in [-0.15, -0.1) is 0 Å². The Kier molecular flexibility index (Phi) is 4.42. The van der Waals surface area contributed by atoms with Crippen LogP contribution in [0.2, 0.25) is 0 Å². The lowest BCUT2D eigenvalue weighted by Gasteiger charge is -2.32. The number of nitrogens with zero attached hydrogens (tertiary/aromatic N) is 3. The van der Waals surface area contributed by atoms with Crippen molar-refractivity contribution < 1.29 is 0 Å². The number of likely N-dealkylation sites (tertiary alicyclic amines) is 1. The lowest BCUT2D eigenvalue weighted by molar-refractivity contribution is 0.176. The number of nitrogens with one attached hydrogen (secondary N) is 1. The van der Waals surface area contributed by atoms with Gasteiger partial charge in [0, 0.05) is 49.0 Å². The molecule has 26 heavy (non-hydrogen) atoms. The van der Waals surface area contributed by atoms with E-state index in [9.17, 15) is 9.59 Å². The zero-order valence-electron chi connectivity index (χ0n) is 14.8. The molecule has 3 heterocycles. The molecule has 1 fully saturated rings. The predicted molar refractivity (Wildman–Crippen MR) is 101 cm³/mol. The zero-order valence-corrected chi connectivity index (χ0v) is 14.8. The molecule has 0 atom stereocenters. The number of aryl methyl sites for hydroxylation is 1. The summed E-state index contributed by atoms with van der Waals surface area (Å²) in [4.78, 5) is 33.0. The molecule has 1 N–H and O–H groups in total. The summed E-state index contributed by atoms with van der Waals surface area (Å²) >= 11 is 0. The van der Waals surface area contributed by atoms with Crippen LogP contribution >= 0.6 is 0 Å². The molecule has 3 aromatic rings. The second-order valence-corrected chi connectivity index (χ2v) is 6.96. The number of aromatic amines is 1. The highest BCUT2D eigenvalue weighted by Crippen LogP contribution is 2.24. The van der Waals surface area contributed by atoms with Gasteiger partial charge in [0.2, 0.25) is 0 Å². The van der Waals surface area contributed by atoms with Gasteiger partial charge in [-0.2, -0.15) is 0 Å². The molecule has 2 aromatic heterocycles. The van der Waals surface area contributed by atoms with Crippen LogP contribution in [-0.2, 0) is 6.54 Å². The summed E-state index contributed by atoms with van der Waals surface area (Å²) in [7, 11) is 0. The second kappa shape index (κ2) is 6.88. The molecule has 0 spiro atoms. The summed E-state index contributed by atoms with van der Waals surface area (Å²) in [6.07, 6.45) is 5.33. The SMILES string of the molecule is Cc1cn(C2CCN(Cc3nccc4ccccc34)CC2)c(=O)[nH]c1=O. The first-order valence-electron chi connectivity index (χ1n) is 8.99. The van der Waals surface area contributed by atoms with Gasteiger partial charge in [-0.05, 0) is 31.2 Å². The molecule has 1 aromatic carbocycles. The molecule has 1 aliphatic heterocycles. The third-order valence-corrected chi connectivity index (χ3v) is 5.23. The second-order valence-electron chi connectivity index (χ2n) is 6.96. The van der Waals surface area contributed by atoms with Crippen molar-refractivity contribution in [3.63, 3.8) is 0 Å². The number of hydrogen-bond acceptors (Lipinski definition) is 4. The molecule has 0 bridgehead atoms. The van der Waals surface area contributed by atoms with Crippen molar-refractivity contribution in [1.29, 1.82) is 0 Å². The number of benzene rings is 1. The van der Waals surface area contributed by atoms with Crippen LogP contribution in [0.15, 0.2) is 52.3 Å². The maximum Gasteiger partial charge on any atom is 0.328 e. The van der Waals surface area contributed by atoms with E-state index < -0.39 is 0 Å². The van der Waals surface area contributed by atoms with E-state index in [4.69, 9.17) is 0 Å². The van der Waals surface area contributed by atoms with Gasteiger partial charge in [-0.1, -0.05) is 24.3 Å². The van der Waals surface area contributed by atoms with Crippen molar-refractivity contribution in [1.82, 2.24) is 19.4 Å². The molecular weight excluding hydrogens is 328 g/mol. The fourth-order valence-electron chi connectivity index (χ4n) is 3.73. The smallest absolute Gasteiger partial charge is 0.297 e. The summed E-state index contributed by atoms with van der Waals surface area (Å²) in [5, 5.41) is 2.41. The molecule has 0 amide bonds. The molecule has 1 saturated heterocycles. The molecule has 134 valence electrons. The minimum absolute atomic E-state index is 0.134. The van der Waals surface area contributed by atoms with E-state index in [0.29, 0.717) is 5.56 Å². The van der Waals surface area contributed by atoms with Crippen LogP contribution in [0.25, 0.3) is 10.8 Å². The average molecular weight is 350 g/mol. The van der Waals surface area contributed by atoms with Crippen LogP contribution in [0.1, 0.15) is 30.1 Å². The summed E-state index contributed by atoms with van der Waals surface area (Å²) in [5.74, 6) is 0. The largest absolute Gasteiger partial charge is 0.328 e. The van der Waals surface area contributed by atoms with Gasteiger partial charge in [0.05, 0.1) is 5.69 Å². The molecule has 0 radical (unpaired) electrons. The number of piperidine rings is 1. The van der Waals surface area contributed by atoms with Gasteiger partial charge in [-0.25, -0.2) is 4.79 Å². The van der Waals surface area contributed by atoms with Crippen LogP contribution in [-0.4, -0.2) is 32.5 Å². The Bertz CT molecular complexity index is 1040. The van der Waals surface area contributed by atoms with E-state index in [2.05, 4.69) is 27.0 Å². The number of rotatable bonds is 3. The summed E-state index contributed by atoms with van der Waals surface area (Å²) in [6.45, 7) is 4.35. The highest BCUT2D eigenvalue weighted by molar-refractivity contribution is 5.84. The fraction of sp³-hybridized carbons (Fsp3) is 0.350. The van der Waals surface area contributed by atoms with E-state index in [-0.39, 0.29) is 17.3 Å². The van der Waals surface area contributed by atoms with Gasteiger partial charge in [0.1, 0.15) is 0 Å². The van der Waals surface area contributed by atoms with Crippen molar-refractivity contribution in [3.05, 3.63) is 74.8 Å². The standard InChI is InChI=1S/C20H22N4O2/c1-14-12-24(20(26)22-19(14)25)16-7-10-23(11-8-16)13-18-17-5-3-2-4-15(17)6-9-21-18/h2-6,9,12,16H,7-8,10-11,13H2,1H3,(H,22,25,26). The molecule has 6 nitrogen and oxygen atoms in total. The van der Waals surface area contributed by atoms with Gasteiger partial charge in [0.25, 0.3) is 5.56 Å². The van der Waals surface area contributed by atoms with Crippen LogP contribution in [0, 0.1) is 6.92 Å². The Balaban J connectivity index is 1.48. The lowest BCUT2D eigenvalue weighted by atomic mass is 10.0. The Hall–Kier alpha value is -2.73. The molecule has 6 heteroatoms. The Morgan fingerprint density at radius 1 is 1.15 bits per heavy atom. The Morgan fingerprint density at radius 2 is 1.92 bits per heavy atom. The summed E-state index contributed by atoms with van der Waals surface area (Å²) in [6, 6.07) is 10.5. The lowest BCUT2D eigenvalue weighted by Crippen LogP contribution is -2.39. The van der Waals surface area contributed by atoms with Gasteiger partial charge < -0.3 is 0 Å². The highest BCUT2D eigenvalue weighted by atomic mass is 16.2. The Labute approximate surface area is 151 Å². The molecule has 0 saturated carbocycles. The van der Waals surface area contributed by atoms with E-state index >= 15 is 0 Å². The van der Waals surface area contributed by atoms with Crippen molar-refractivity contribution in [2.24, 2.45) is 0 Å². The third kappa shape index (κ3) is 3.20. The van der Waals surface area contributed by atoms with Crippen molar-refractivity contribution in [2.75, 3.05) is 13.1 Å². The van der Waals surface area contributed by atoms with E-state index in [1.807, 2.05) is 24.4 Å².